The number of benzene rings is 4. The van der Waals surface area contributed by atoms with Crippen molar-refractivity contribution in [3.8, 4) is 5.75 Å². The minimum Gasteiger partial charge on any atom is -0.497 e. The first-order valence-corrected chi connectivity index (χ1v) is 11.8. The minimum atomic E-state index is -3.84. The number of rotatable bonds is 6. The topological polar surface area (TPSA) is 71.2 Å². The van der Waals surface area contributed by atoms with E-state index in [1.165, 1.54) is 0 Å². The van der Waals surface area contributed by atoms with Gasteiger partial charge in [-0.3, -0.25) is 0 Å². The summed E-state index contributed by atoms with van der Waals surface area (Å²) in [7, 11) is -2.23. The number of methoxy groups -OCH3 is 1. The Kier molecular flexibility index (Phi) is 5.17. The molecule has 5 rings (SSSR count). The molecule has 0 fully saturated rings. The molecule has 0 saturated carbocycles. The van der Waals surface area contributed by atoms with Gasteiger partial charge in [-0.15, -0.1) is 0 Å². The van der Waals surface area contributed by atoms with Crippen molar-refractivity contribution in [3.05, 3.63) is 108 Å². The Balaban J connectivity index is 1.65. The van der Waals surface area contributed by atoms with Crippen molar-refractivity contribution >= 4 is 31.7 Å². The Hall–Kier alpha value is -3.61. The van der Waals surface area contributed by atoms with Gasteiger partial charge in [0.05, 0.1) is 18.0 Å². The Bertz CT molecular complexity index is 1500. The van der Waals surface area contributed by atoms with Gasteiger partial charge < -0.3 is 9.72 Å². The van der Waals surface area contributed by atoms with E-state index in [9.17, 15) is 8.42 Å². The summed E-state index contributed by atoms with van der Waals surface area (Å²) < 4.78 is 35.5. The SMILES string of the molecule is COc1ccc([C@H](NS(=O)(=O)c2cccc3ccccc23)c2c[nH]c3ccccc23)cc1. The smallest absolute Gasteiger partial charge is 0.242 e. The van der Waals surface area contributed by atoms with E-state index in [-0.39, 0.29) is 4.90 Å². The van der Waals surface area contributed by atoms with E-state index in [0.29, 0.717) is 11.1 Å². The lowest BCUT2D eigenvalue weighted by Crippen LogP contribution is -2.29. The summed E-state index contributed by atoms with van der Waals surface area (Å²) in [5.74, 6) is 0.711. The zero-order valence-electron chi connectivity index (χ0n) is 17.4. The van der Waals surface area contributed by atoms with Gasteiger partial charge in [0.15, 0.2) is 0 Å². The molecule has 1 aromatic heterocycles. The molecule has 0 aliphatic heterocycles. The van der Waals surface area contributed by atoms with Crippen molar-refractivity contribution in [1.82, 2.24) is 9.71 Å². The average Bonchev–Trinajstić information content (AvgIpc) is 3.26. The second kappa shape index (κ2) is 8.15. The molecular weight excluding hydrogens is 420 g/mol. The molecule has 0 saturated heterocycles. The molecule has 0 aliphatic rings. The van der Waals surface area contributed by atoms with E-state index < -0.39 is 16.1 Å². The number of ether oxygens (including phenoxy) is 1. The van der Waals surface area contributed by atoms with E-state index in [1.807, 2.05) is 85.1 Å². The van der Waals surface area contributed by atoms with Crippen molar-refractivity contribution in [1.29, 1.82) is 0 Å². The molecule has 1 heterocycles. The van der Waals surface area contributed by atoms with Crippen LogP contribution in [0.1, 0.15) is 17.2 Å². The third-order valence-corrected chi connectivity index (χ3v) is 7.17. The minimum absolute atomic E-state index is 0.258. The lowest BCUT2D eigenvalue weighted by molar-refractivity contribution is 0.414. The zero-order valence-corrected chi connectivity index (χ0v) is 18.3. The maximum atomic E-state index is 13.6. The fourth-order valence-corrected chi connectivity index (χ4v) is 5.52. The van der Waals surface area contributed by atoms with Crippen LogP contribution < -0.4 is 9.46 Å². The van der Waals surface area contributed by atoms with Gasteiger partial charge in [-0.2, -0.15) is 4.72 Å². The van der Waals surface area contributed by atoms with E-state index in [4.69, 9.17) is 4.74 Å². The second-order valence-corrected chi connectivity index (χ2v) is 9.28. The number of sulfonamides is 1. The average molecular weight is 443 g/mol. The molecule has 0 aliphatic carbocycles. The van der Waals surface area contributed by atoms with Gasteiger partial charge >= 0.3 is 0 Å². The molecule has 6 heteroatoms. The number of hydrogen-bond donors (Lipinski definition) is 2. The predicted molar refractivity (Wildman–Crippen MR) is 127 cm³/mol. The van der Waals surface area contributed by atoms with Crippen LogP contribution in [-0.2, 0) is 10.0 Å². The van der Waals surface area contributed by atoms with Gasteiger partial charge in [0.25, 0.3) is 0 Å². The molecule has 0 radical (unpaired) electrons. The lowest BCUT2D eigenvalue weighted by Gasteiger charge is -2.20. The third-order valence-electron chi connectivity index (χ3n) is 5.69. The highest BCUT2D eigenvalue weighted by molar-refractivity contribution is 7.89. The molecule has 0 bridgehead atoms. The lowest BCUT2D eigenvalue weighted by atomic mass is 9.99. The molecule has 32 heavy (non-hydrogen) atoms. The van der Waals surface area contributed by atoms with Crippen molar-refractivity contribution in [2.24, 2.45) is 0 Å². The first kappa shape index (κ1) is 20.3. The maximum absolute atomic E-state index is 13.6. The fraction of sp³-hybridized carbons (Fsp3) is 0.0769. The van der Waals surface area contributed by atoms with Crippen molar-refractivity contribution < 1.29 is 13.2 Å². The summed E-state index contributed by atoms with van der Waals surface area (Å²) in [6.07, 6.45) is 1.87. The summed E-state index contributed by atoms with van der Waals surface area (Å²) >= 11 is 0. The monoisotopic (exact) mass is 442 g/mol. The van der Waals surface area contributed by atoms with E-state index >= 15 is 0 Å². The number of fused-ring (bicyclic) bond motifs is 2. The van der Waals surface area contributed by atoms with Gasteiger partial charge in [-0.25, -0.2) is 8.42 Å². The molecule has 2 N–H and O–H groups in total. The van der Waals surface area contributed by atoms with E-state index in [2.05, 4.69) is 9.71 Å². The van der Waals surface area contributed by atoms with Gasteiger partial charge in [-0.1, -0.05) is 66.7 Å². The zero-order chi connectivity index (χ0) is 22.1. The largest absolute Gasteiger partial charge is 0.497 e. The Morgan fingerprint density at radius 1 is 0.812 bits per heavy atom. The summed E-state index contributed by atoms with van der Waals surface area (Å²) in [5.41, 5.74) is 2.62. The molecule has 160 valence electrons. The van der Waals surface area contributed by atoms with Gasteiger partial charge in [-0.05, 0) is 40.8 Å². The van der Waals surface area contributed by atoms with Gasteiger partial charge in [0.1, 0.15) is 5.75 Å². The number of aromatic nitrogens is 1. The molecular formula is C26H22N2O3S. The van der Waals surface area contributed by atoms with Crippen LogP contribution in [0, 0.1) is 0 Å². The quantitative estimate of drug-likeness (QED) is 0.370. The van der Waals surface area contributed by atoms with Crippen LogP contribution in [0.3, 0.4) is 0 Å². The number of hydrogen-bond acceptors (Lipinski definition) is 3. The van der Waals surface area contributed by atoms with Crippen LogP contribution in [0.5, 0.6) is 5.75 Å². The van der Waals surface area contributed by atoms with Crippen LogP contribution in [-0.4, -0.2) is 20.5 Å². The van der Waals surface area contributed by atoms with Crippen molar-refractivity contribution in [2.75, 3.05) is 7.11 Å². The Morgan fingerprint density at radius 2 is 1.50 bits per heavy atom. The van der Waals surface area contributed by atoms with E-state index in [1.54, 1.807) is 19.2 Å². The third kappa shape index (κ3) is 3.64. The number of nitrogens with one attached hydrogen (secondary N) is 2. The van der Waals surface area contributed by atoms with Gasteiger partial charge in [0.2, 0.25) is 10.0 Å². The van der Waals surface area contributed by atoms with Crippen LogP contribution in [0.2, 0.25) is 0 Å². The highest BCUT2D eigenvalue weighted by atomic mass is 32.2. The summed E-state index contributed by atoms with van der Waals surface area (Å²) in [5, 5.41) is 2.53. The maximum Gasteiger partial charge on any atom is 0.242 e. The molecule has 0 amide bonds. The Morgan fingerprint density at radius 3 is 2.28 bits per heavy atom. The standard InChI is InChI=1S/C26H22N2O3S/c1-31-20-15-13-19(14-16-20)26(23-17-27-24-11-5-4-10-22(23)24)28-32(29,30)25-12-6-8-18-7-2-3-9-21(18)25/h2-17,26-28H,1H3/t26-/m0/s1. The van der Waals surface area contributed by atoms with Crippen LogP contribution >= 0.6 is 0 Å². The number of H-pyrrole nitrogens is 1. The summed E-state index contributed by atoms with van der Waals surface area (Å²) in [6, 6.07) is 27.5. The molecule has 1 atom stereocenters. The van der Waals surface area contributed by atoms with Gasteiger partial charge in [0, 0.05) is 22.5 Å². The molecule has 0 unspecified atom stereocenters. The normalized spacial score (nSPS) is 12.8. The van der Waals surface area contributed by atoms with Crippen LogP contribution in [0.15, 0.2) is 102 Å². The van der Waals surface area contributed by atoms with Crippen LogP contribution in [0.4, 0.5) is 0 Å². The first-order chi connectivity index (χ1) is 15.6. The summed E-state index contributed by atoms with van der Waals surface area (Å²) in [4.78, 5) is 3.51. The fourth-order valence-electron chi connectivity index (χ4n) is 4.09. The second-order valence-electron chi connectivity index (χ2n) is 7.59. The molecule has 5 nitrogen and oxygen atoms in total. The molecule has 4 aromatic carbocycles. The first-order valence-electron chi connectivity index (χ1n) is 10.3. The summed E-state index contributed by atoms with van der Waals surface area (Å²) in [6.45, 7) is 0. The molecule has 5 aromatic rings. The predicted octanol–water partition coefficient (Wildman–Crippen LogP) is 5.40. The van der Waals surface area contributed by atoms with Crippen LogP contribution in [0.25, 0.3) is 21.7 Å². The number of aromatic amines is 1. The van der Waals surface area contributed by atoms with Crippen molar-refractivity contribution in [2.45, 2.75) is 10.9 Å². The van der Waals surface area contributed by atoms with E-state index in [0.717, 1.165) is 27.4 Å². The molecule has 0 spiro atoms. The Labute approximate surface area is 186 Å². The highest BCUT2D eigenvalue weighted by Gasteiger charge is 2.26. The highest BCUT2D eigenvalue weighted by Crippen LogP contribution is 2.32. The van der Waals surface area contributed by atoms with Crippen molar-refractivity contribution in [3.63, 3.8) is 0 Å². The number of para-hydroxylation sites is 1.